The number of carboxylic acids is 1. The van der Waals surface area contributed by atoms with E-state index in [4.69, 9.17) is 5.11 Å². The van der Waals surface area contributed by atoms with E-state index >= 15 is 0 Å². The normalized spacial score (nSPS) is 13.3. The largest absolute Gasteiger partial charge is 0.481 e. The minimum absolute atomic E-state index is 0.120. The highest BCUT2D eigenvalue weighted by Gasteiger charge is 2.14. The van der Waals surface area contributed by atoms with Gasteiger partial charge < -0.3 is 5.11 Å². The summed E-state index contributed by atoms with van der Waals surface area (Å²) < 4.78 is 0. The maximum absolute atomic E-state index is 11.0. The van der Waals surface area contributed by atoms with Crippen molar-refractivity contribution >= 4 is 5.97 Å². The molecule has 0 heterocycles. The number of hydrogen-bond acceptors (Lipinski definition) is 1. The molecule has 0 radical (unpaired) electrons. The number of carboxylic acid groups (broad SMARTS) is 1. The molecule has 0 saturated heterocycles. The fraction of sp³-hybridized carbons (Fsp3) is 0.722. The van der Waals surface area contributed by atoms with Gasteiger partial charge in [0.2, 0.25) is 0 Å². The van der Waals surface area contributed by atoms with Crippen LogP contribution in [-0.2, 0) is 4.79 Å². The molecule has 0 aromatic carbocycles. The van der Waals surface area contributed by atoms with Crippen molar-refractivity contribution in [3.8, 4) is 0 Å². The summed E-state index contributed by atoms with van der Waals surface area (Å²) in [6.45, 7) is 4.20. The lowest BCUT2D eigenvalue weighted by Gasteiger charge is -2.10. The Morgan fingerprint density at radius 3 is 2.30 bits per heavy atom. The molecule has 0 aliphatic rings. The van der Waals surface area contributed by atoms with Gasteiger partial charge in [0, 0.05) is 0 Å². The molecule has 0 aromatic heterocycles. The SMILES string of the molecule is CCC=CCC=CCCCCCCC(CCC)C(=O)O. The molecule has 0 spiro atoms. The van der Waals surface area contributed by atoms with Crippen LogP contribution in [0.4, 0.5) is 0 Å². The Hall–Kier alpha value is -1.05. The second-order valence-corrected chi connectivity index (χ2v) is 5.40. The van der Waals surface area contributed by atoms with Crippen LogP contribution >= 0.6 is 0 Å². The van der Waals surface area contributed by atoms with Crippen molar-refractivity contribution in [2.24, 2.45) is 5.92 Å². The molecular weight excluding hydrogens is 248 g/mol. The van der Waals surface area contributed by atoms with Gasteiger partial charge in [-0.3, -0.25) is 4.79 Å². The molecule has 1 atom stereocenters. The summed E-state index contributed by atoms with van der Waals surface area (Å²) in [6, 6.07) is 0. The van der Waals surface area contributed by atoms with Crippen LogP contribution in [0.2, 0.25) is 0 Å². The van der Waals surface area contributed by atoms with Gasteiger partial charge in [0.15, 0.2) is 0 Å². The smallest absolute Gasteiger partial charge is 0.306 e. The molecule has 0 fully saturated rings. The number of carbonyl (C=O) groups is 1. The zero-order chi connectivity index (χ0) is 15.1. The van der Waals surface area contributed by atoms with Crippen LogP contribution < -0.4 is 0 Å². The number of unbranched alkanes of at least 4 members (excludes halogenated alkanes) is 4. The Morgan fingerprint density at radius 2 is 1.65 bits per heavy atom. The minimum Gasteiger partial charge on any atom is -0.481 e. The van der Waals surface area contributed by atoms with E-state index in [1.54, 1.807) is 0 Å². The van der Waals surface area contributed by atoms with Gasteiger partial charge in [-0.1, -0.05) is 63.8 Å². The standard InChI is InChI=1S/C18H32O2/c1-3-5-6-7-8-9-10-11-12-13-14-16-17(15-4-2)18(19)20/h5-6,8-9,17H,3-4,7,10-16H2,1-2H3,(H,19,20). The minimum atomic E-state index is -0.616. The van der Waals surface area contributed by atoms with E-state index in [1.165, 1.54) is 12.8 Å². The number of hydrogen-bond donors (Lipinski definition) is 1. The van der Waals surface area contributed by atoms with Gasteiger partial charge >= 0.3 is 5.97 Å². The molecule has 0 saturated carbocycles. The molecule has 0 amide bonds. The molecular formula is C18H32O2. The molecule has 0 aliphatic heterocycles. The second kappa shape index (κ2) is 14.4. The highest BCUT2D eigenvalue weighted by Crippen LogP contribution is 2.16. The third-order valence-electron chi connectivity index (χ3n) is 3.50. The zero-order valence-corrected chi connectivity index (χ0v) is 13.3. The fourth-order valence-corrected chi connectivity index (χ4v) is 2.30. The van der Waals surface area contributed by atoms with Gasteiger partial charge in [0.1, 0.15) is 0 Å². The monoisotopic (exact) mass is 280 g/mol. The van der Waals surface area contributed by atoms with Gasteiger partial charge in [0.25, 0.3) is 0 Å². The van der Waals surface area contributed by atoms with Crippen molar-refractivity contribution in [2.75, 3.05) is 0 Å². The topological polar surface area (TPSA) is 37.3 Å². The second-order valence-electron chi connectivity index (χ2n) is 5.40. The Morgan fingerprint density at radius 1 is 0.950 bits per heavy atom. The first-order chi connectivity index (χ1) is 9.72. The summed E-state index contributed by atoms with van der Waals surface area (Å²) >= 11 is 0. The number of aliphatic carboxylic acids is 1. The maximum Gasteiger partial charge on any atom is 0.306 e. The van der Waals surface area contributed by atoms with E-state index in [2.05, 4.69) is 38.2 Å². The maximum atomic E-state index is 11.0. The van der Waals surface area contributed by atoms with Crippen molar-refractivity contribution in [1.82, 2.24) is 0 Å². The molecule has 0 rings (SSSR count). The van der Waals surface area contributed by atoms with Crippen LogP contribution in [0.5, 0.6) is 0 Å². The van der Waals surface area contributed by atoms with E-state index in [9.17, 15) is 4.79 Å². The predicted molar refractivity (Wildman–Crippen MR) is 86.9 cm³/mol. The molecule has 1 unspecified atom stereocenters. The molecule has 0 bridgehead atoms. The zero-order valence-electron chi connectivity index (χ0n) is 13.3. The number of rotatable bonds is 13. The van der Waals surface area contributed by atoms with Crippen molar-refractivity contribution in [3.05, 3.63) is 24.3 Å². The summed E-state index contributed by atoms with van der Waals surface area (Å²) in [5.41, 5.74) is 0. The lowest BCUT2D eigenvalue weighted by Crippen LogP contribution is -2.13. The molecule has 116 valence electrons. The first-order valence-corrected chi connectivity index (χ1v) is 8.25. The molecule has 20 heavy (non-hydrogen) atoms. The molecule has 2 heteroatoms. The van der Waals surface area contributed by atoms with Crippen LogP contribution in [0.15, 0.2) is 24.3 Å². The fourth-order valence-electron chi connectivity index (χ4n) is 2.30. The van der Waals surface area contributed by atoms with E-state index in [-0.39, 0.29) is 5.92 Å². The Labute approximate surface area is 125 Å². The highest BCUT2D eigenvalue weighted by molar-refractivity contribution is 5.69. The third kappa shape index (κ3) is 12.0. The first-order valence-electron chi connectivity index (χ1n) is 8.25. The van der Waals surface area contributed by atoms with Gasteiger partial charge in [-0.2, -0.15) is 0 Å². The van der Waals surface area contributed by atoms with Crippen molar-refractivity contribution in [1.29, 1.82) is 0 Å². The van der Waals surface area contributed by atoms with Crippen LogP contribution in [-0.4, -0.2) is 11.1 Å². The van der Waals surface area contributed by atoms with Gasteiger partial charge in [-0.15, -0.1) is 0 Å². The van der Waals surface area contributed by atoms with Gasteiger partial charge in [-0.25, -0.2) is 0 Å². The lowest BCUT2D eigenvalue weighted by molar-refractivity contribution is -0.142. The molecule has 2 nitrogen and oxygen atoms in total. The van der Waals surface area contributed by atoms with Crippen molar-refractivity contribution in [2.45, 2.75) is 78.1 Å². The number of allylic oxidation sites excluding steroid dienone is 4. The Balaban J connectivity index is 3.43. The first kappa shape index (κ1) is 18.9. The quantitative estimate of drug-likeness (QED) is 0.345. The Bertz CT molecular complexity index is 279. The van der Waals surface area contributed by atoms with Crippen LogP contribution in [0, 0.1) is 5.92 Å². The lowest BCUT2D eigenvalue weighted by atomic mass is 9.96. The van der Waals surface area contributed by atoms with E-state index in [1.807, 2.05) is 0 Å². The van der Waals surface area contributed by atoms with Crippen molar-refractivity contribution < 1.29 is 9.90 Å². The average Bonchev–Trinajstić information content (AvgIpc) is 2.43. The van der Waals surface area contributed by atoms with E-state index in [0.717, 1.165) is 51.4 Å². The van der Waals surface area contributed by atoms with Crippen LogP contribution in [0.25, 0.3) is 0 Å². The van der Waals surface area contributed by atoms with Crippen LogP contribution in [0.3, 0.4) is 0 Å². The highest BCUT2D eigenvalue weighted by atomic mass is 16.4. The summed E-state index contributed by atoms with van der Waals surface area (Å²) in [5.74, 6) is -0.736. The summed E-state index contributed by atoms with van der Waals surface area (Å²) in [6.07, 6.45) is 19.5. The summed E-state index contributed by atoms with van der Waals surface area (Å²) in [5, 5.41) is 9.05. The molecule has 0 aromatic rings. The van der Waals surface area contributed by atoms with E-state index < -0.39 is 5.97 Å². The van der Waals surface area contributed by atoms with Gasteiger partial charge in [-0.05, 0) is 38.5 Å². The molecule has 0 aliphatic carbocycles. The van der Waals surface area contributed by atoms with Gasteiger partial charge in [0.05, 0.1) is 5.92 Å². The van der Waals surface area contributed by atoms with E-state index in [0.29, 0.717) is 0 Å². The molecule has 1 N–H and O–H groups in total. The third-order valence-corrected chi connectivity index (χ3v) is 3.50. The van der Waals surface area contributed by atoms with Crippen molar-refractivity contribution in [3.63, 3.8) is 0 Å². The summed E-state index contributed by atoms with van der Waals surface area (Å²) in [7, 11) is 0. The summed E-state index contributed by atoms with van der Waals surface area (Å²) in [4.78, 5) is 11.0. The van der Waals surface area contributed by atoms with Crippen LogP contribution in [0.1, 0.15) is 78.1 Å². The average molecular weight is 280 g/mol. The Kier molecular flexibility index (Phi) is 13.6. The predicted octanol–water partition coefficient (Wildman–Crippen LogP) is 5.74.